The lowest BCUT2D eigenvalue weighted by atomic mass is 10.1. The van der Waals surface area contributed by atoms with Crippen LogP contribution in [0, 0.1) is 5.92 Å². The van der Waals surface area contributed by atoms with E-state index in [0.717, 1.165) is 5.69 Å². The van der Waals surface area contributed by atoms with Gasteiger partial charge in [0.15, 0.2) is 0 Å². The van der Waals surface area contributed by atoms with E-state index >= 15 is 0 Å². The summed E-state index contributed by atoms with van der Waals surface area (Å²) in [7, 11) is 1.82. The van der Waals surface area contributed by atoms with Crippen molar-refractivity contribution in [1.29, 1.82) is 0 Å². The van der Waals surface area contributed by atoms with Gasteiger partial charge in [-0.05, 0) is 6.07 Å². The van der Waals surface area contributed by atoms with Crippen LogP contribution in [0.2, 0.25) is 0 Å². The minimum absolute atomic E-state index is 0.0574. The molecule has 86 valence electrons. The maximum Gasteiger partial charge on any atom is 0.225 e. The Balaban J connectivity index is 1.82. The molecule has 0 saturated carbocycles. The highest BCUT2D eigenvalue weighted by Gasteiger charge is 2.27. The Bertz CT molecular complexity index is 413. The summed E-state index contributed by atoms with van der Waals surface area (Å²) >= 11 is 0. The summed E-state index contributed by atoms with van der Waals surface area (Å²) < 4.78 is 1.68. The van der Waals surface area contributed by atoms with Gasteiger partial charge in [0.05, 0.1) is 18.2 Å². The van der Waals surface area contributed by atoms with E-state index in [1.807, 2.05) is 19.3 Å². The third kappa shape index (κ3) is 2.39. The second kappa shape index (κ2) is 4.34. The number of hydrogen-bond acceptors (Lipinski definition) is 3. The van der Waals surface area contributed by atoms with Crippen LogP contribution in [0.15, 0.2) is 12.3 Å². The van der Waals surface area contributed by atoms with E-state index in [1.165, 1.54) is 0 Å². The monoisotopic (exact) mass is 222 g/mol. The molecule has 1 aromatic rings. The molecule has 6 heteroatoms. The van der Waals surface area contributed by atoms with Gasteiger partial charge in [0, 0.05) is 26.2 Å². The molecule has 1 atom stereocenters. The van der Waals surface area contributed by atoms with Crippen LogP contribution in [0.25, 0.3) is 0 Å². The number of carbonyl (C=O) groups is 2. The maximum absolute atomic E-state index is 11.6. The number of aryl methyl sites for hydroxylation is 1. The van der Waals surface area contributed by atoms with Gasteiger partial charge >= 0.3 is 0 Å². The van der Waals surface area contributed by atoms with Crippen LogP contribution in [0.3, 0.4) is 0 Å². The molecule has 0 bridgehead atoms. The predicted molar refractivity (Wildman–Crippen MR) is 56.2 cm³/mol. The average Bonchev–Trinajstić information content (AvgIpc) is 2.84. The zero-order valence-electron chi connectivity index (χ0n) is 9.06. The SMILES string of the molecule is Cn1ccc(CNC(=O)C2CNC(=O)C2)n1. The van der Waals surface area contributed by atoms with E-state index in [2.05, 4.69) is 15.7 Å². The van der Waals surface area contributed by atoms with Crippen molar-refractivity contribution >= 4 is 11.8 Å². The second-order valence-electron chi connectivity index (χ2n) is 3.90. The van der Waals surface area contributed by atoms with E-state index < -0.39 is 0 Å². The summed E-state index contributed by atoms with van der Waals surface area (Å²) in [5.41, 5.74) is 0.813. The first-order valence-electron chi connectivity index (χ1n) is 5.18. The third-order valence-electron chi connectivity index (χ3n) is 2.56. The summed E-state index contributed by atoms with van der Waals surface area (Å²) in [6, 6.07) is 1.85. The zero-order chi connectivity index (χ0) is 11.5. The fourth-order valence-corrected chi connectivity index (χ4v) is 1.67. The molecule has 1 aliphatic heterocycles. The molecule has 6 nitrogen and oxygen atoms in total. The van der Waals surface area contributed by atoms with Gasteiger partial charge in [-0.2, -0.15) is 5.10 Å². The van der Waals surface area contributed by atoms with E-state index in [0.29, 0.717) is 13.1 Å². The Morgan fingerprint density at radius 2 is 2.56 bits per heavy atom. The topological polar surface area (TPSA) is 76.0 Å². The van der Waals surface area contributed by atoms with Crippen molar-refractivity contribution in [2.45, 2.75) is 13.0 Å². The second-order valence-corrected chi connectivity index (χ2v) is 3.90. The van der Waals surface area contributed by atoms with Gasteiger partial charge in [-0.3, -0.25) is 14.3 Å². The summed E-state index contributed by atoms with van der Waals surface area (Å²) in [6.45, 7) is 0.844. The first-order valence-corrected chi connectivity index (χ1v) is 5.18. The minimum Gasteiger partial charge on any atom is -0.355 e. The van der Waals surface area contributed by atoms with E-state index in [1.54, 1.807) is 4.68 Å². The summed E-state index contributed by atoms with van der Waals surface area (Å²) in [5.74, 6) is -0.391. The third-order valence-corrected chi connectivity index (χ3v) is 2.56. The Labute approximate surface area is 93.0 Å². The number of hydrogen-bond donors (Lipinski definition) is 2. The highest BCUT2D eigenvalue weighted by Crippen LogP contribution is 2.08. The molecular weight excluding hydrogens is 208 g/mol. The molecule has 1 fully saturated rings. The van der Waals surface area contributed by atoms with Gasteiger partial charge in [0.25, 0.3) is 0 Å². The highest BCUT2D eigenvalue weighted by atomic mass is 16.2. The van der Waals surface area contributed by atoms with Crippen molar-refractivity contribution in [2.75, 3.05) is 6.54 Å². The first-order chi connectivity index (χ1) is 7.65. The number of nitrogens with zero attached hydrogens (tertiary/aromatic N) is 2. The van der Waals surface area contributed by atoms with Crippen molar-refractivity contribution < 1.29 is 9.59 Å². The molecule has 16 heavy (non-hydrogen) atoms. The van der Waals surface area contributed by atoms with Crippen LogP contribution in [-0.2, 0) is 23.2 Å². The molecule has 2 rings (SSSR count). The summed E-state index contributed by atoms with van der Waals surface area (Å²) in [5, 5.41) is 9.54. The number of carbonyl (C=O) groups excluding carboxylic acids is 2. The quantitative estimate of drug-likeness (QED) is 0.701. The fourth-order valence-electron chi connectivity index (χ4n) is 1.67. The standard InChI is InChI=1S/C10H14N4O2/c1-14-3-2-8(13-14)6-12-10(16)7-4-9(15)11-5-7/h2-3,7H,4-6H2,1H3,(H,11,15)(H,12,16). The number of amides is 2. The Morgan fingerprint density at radius 1 is 1.75 bits per heavy atom. The molecule has 0 radical (unpaired) electrons. The average molecular weight is 222 g/mol. The summed E-state index contributed by atoms with van der Waals surface area (Å²) in [4.78, 5) is 22.6. The molecule has 0 spiro atoms. The van der Waals surface area contributed by atoms with Crippen molar-refractivity contribution in [1.82, 2.24) is 20.4 Å². The van der Waals surface area contributed by atoms with Crippen molar-refractivity contribution in [2.24, 2.45) is 13.0 Å². The van der Waals surface area contributed by atoms with Gasteiger partial charge in [-0.1, -0.05) is 0 Å². The molecule has 1 aliphatic rings. The molecular formula is C10H14N4O2. The largest absolute Gasteiger partial charge is 0.355 e. The van der Waals surface area contributed by atoms with E-state index in [9.17, 15) is 9.59 Å². The van der Waals surface area contributed by atoms with Crippen LogP contribution in [-0.4, -0.2) is 28.1 Å². The zero-order valence-corrected chi connectivity index (χ0v) is 9.06. The molecule has 1 saturated heterocycles. The first kappa shape index (κ1) is 10.7. The Kier molecular flexibility index (Phi) is 2.89. The Morgan fingerprint density at radius 3 is 3.12 bits per heavy atom. The van der Waals surface area contributed by atoms with Gasteiger partial charge in [-0.15, -0.1) is 0 Å². The predicted octanol–water partition coefficient (Wildman–Crippen LogP) is -0.828. The molecule has 1 aromatic heterocycles. The van der Waals surface area contributed by atoms with Gasteiger partial charge in [-0.25, -0.2) is 0 Å². The van der Waals surface area contributed by atoms with Crippen LogP contribution in [0.4, 0.5) is 0 Å². The maximum atomic E-state index is 11.6. The molecule has 0 aromatic carbocycles. The smallest absolute Gasteiger partial charge is 0.225 e. The van der Waals surface area contributed by atoms with Gasteiger partial charge in [0.2, 0.25) is 11.8 Å². The molecule has 2 N–H and O–H groups in total. The van der Waals surface area contributed by atoms with Crippen LogP contribution in [0.5, 0.6) is 0 Å². The van der Waals surface area contributed by atoms with Crippen molar-refractivity contribution in [3.05, 3.63) is 18.0 Å². The highest BCUT2D eigenvalue weighted by molar-refractivity contribution is 5.89. The Hall–Kier alpha value is -1.85. The van der Waals surface area contributed by atoms with Gasteiger partial charge < -0.3 is 10.6 Å². The van der Waals surface area contributed by atoms with E-state index in [-0.39, 0.29) is 24.2 Å². The molecule has 1 unspecified atom stereocenters. The van der Waals surface area contributed by atoms with Crippen LogP contribution < -0.4 is 10.6 Å². The number of nitrogens with one attached hydrogen (secondary N) is 2. The van der Waals surface area contributed by atoms with Crippen LogP contribution in [0.1, 0.15) is 12.1 Å². The van der Waals surface area contributed by atoms with Crippen LogP contribution >= 0.6 is 0 Å². The lowest BCUT2D eigenvalue weighted by Gasteiger charge is -2.07. The van der Waals surface area contributed by atoms with Crippen molar-refractivity contribution in [3.63, 3.8) is 0 Å². The lowest BCUT2D eigenvalue weighted by Crippen LogP contribution is -2.31. The normalized spacial score (nSPS) is 19.6. The molecule has 0 aliphatic carbocycles. The van der Waals surface area contributed by atoms with Crippen molar-refractivity contribution in [3.8, 4) is 0 Å². The number of rotatable bonds is 3. The fraction of sp³-hybridized carbons (Fsp3) is 0.500. The molecule has 2 amide bonds. The minimum atomic E-state index is -0.240. The summed E-state index contributed by atoms with van der Waals surface area (Å²) in [6.07, 6.45) is 2.11. The van der Waals surface area contributed by atoms with Gasteiger partial charge in [0.1, 0.15) is 0 Å². The lowest BCUT2D eigenvalue weighted by molar-refractivity contribution is -0.126. The number of aromatic nitrogens is 2. The van der Waals surface area contributed by atoms with E-state index in [4.69, 9.17) is 0 Å². The molecule has 2 heterocycles.